The van der Waals surface area contributed by atoms with Gasteiger partial charge in [-0.15, -0.1) is 0 Å². The third-order valence-corrected chi connectivity index (χ3v) is 5.88. The molecule has 0 unspecified atom stereocenters. The van der Waals surface area contributed by atoms with E-state index in [2.05, 4.69) is 10.6 Å². The lowest BCUT2D eigenvalue weighted by molar-refractivity contribution is -0.114. The Kier molecular flexibility index (Phi) is 8.31. The minimum absolute atomic E-state index is 0.0124. The zero-order valence-electron chi connectivity index (χ0n) is 20.3. The summed E-state index contributed by atoms with van der Waals surface area (Å²) < 4.78 is 5.31. The molecule has 2 N–H and O–H groups in total. The molecule has 1 aliphatic rings. The largest absolute Gasteiger partial charge is 0.378 e. The molecule has 0 aliphatic carbocycles. The van der Waals surface area contributed by atoms with Crippen LogP contribution in [0.4, 0.5) is 17.1 Å². The molecular formula is C28H30N4O4. The van der Waals surface area contributed by atoms with Crippen LogP contribution in [0.5, 0.6) is 0 Å². The van der Waals surface area contributed by atoms with Gasteiger partial charge < -0.3 is 25.2 Å². The van der Waals surface area contributed by atoms with Crippen molar-refractivity contribution in [3.8, 4) is 0 Å². The second kappa shape index (κ2) is 12.0. The van der Waals surface area contributed by atoms with Crippen LogP contribution >= 0.6 is 0 Å². The van der Waals surface area contributed by atoms with Gasteiger partial charge in [0.2, 0.25) is 5.91 Å². The van der Waals surface area contributed by atoms with Gasteiger partial charge in [0.25, 0.3) is 11.8 Å². The summed E-state index contributed by atoms with van der Waals surface area (Å²) in [6, 6.07) is 23.5. The van der Waals surface area contributed by atoms with E-state index in [0.29, 0.717) is 55.3 Å². The zero-order valence-corrected chi connectivity index (χ0v) is 20.3. The second-order valence-electron chi connectivity index (χ2n) is 8.35. The Balaban J connectivity index is 1.35. The number of carbonyl (C=O) groups excluding carboxylic acids is 3. The maximum atomic E-state index is 13.1. The number of carbonyl (C=O) groups is 3. The van der Waals surface area contributed by atoms with Crippen LogP contribution < -0.4 is 15.5 Å². The number of morpholine rings is 1. The average molecular weight is 487 g/mol. The second-order valence-corrected chi connectivity index (χ2v) is 8.35. The number of nitrogens with one attached hydrogen (secondary N) is 2. The standard InChI is InChI=1S/C28H30N4O4/c1-2-32(25-12-4-3-5-13-25)28(35)22-9-7-11-24(19-22)30-26(33)20-29-23-10-6-8-21(18-23)27(34)31-14-16-36-17-15-31/h3-13,18-19,29H,2,14-17,20H2,1H3,(H,30,33). The number of rotatable bonds is 8. The van der Waals surface area contributed by atoms with Gasteiger partial charge in [0.1, 0.15) is 0 Å². The summed E-state index contributed by atoms with van der Waals surface area (Å²) in [5, 5.41) is 5.90. The average Bonchev–Trinajstić information content (AvgIpc) is 2.93. The van der Waals surface area contributed by atoms with Crippen LogP contribution in [0, 0.1) is 0 Å². The lowest BCUT2D eigenvalue weighted by atomic mass is 10.1. The van der Waals surface area contributed by atoms with E-state index < -0.39 is 0 Å². The first-order valence-corrected chi connectivity index (χ1v) is 12.0. The van der Waals surface area contributed by atoms with Crippen molar-refractivity contribution in [1.82, 2.24) is 4.90 Å². The van der Waals surface area contributed by atoms with Crippen molar-refractivity contribution < 1.29 is 19.1 Å². The Bertz CT molecular complexity index is 1210. The van der Waals surface area contributed by atoms with Gasteiger partial charge in [-0.2, -0.15) is 0 Å². The molecule has 4 rings (SSSR count). The molecule has 0 bridgehead atoms. The Labute approximate surface area is 210 Å². The van der Waals surface area contributed by atoms with Gasteiger partial charge in [0.05, 0.1) is 19.8 Å². The monoisotopic (exact) mass is 486 g/mol. The molecule has 1 saturated heterocycles. The van der Waals surface area contributed by atoms with E-state index in [-0.39, 0.29) is 24.3 Å². The molecule has 1 aliphatic heterocycles. The smallest absolute Gasteiger partial charge is 0.258 e. The van der Waals surface area contributed by atoms with Crippen molar-refractivity contribution in [2.75, 3.05) is 54.9 Å². The van der Waals surface area contributed by atoms with Crippen LogP contribution in [-0.4, -0.2) is 62.0 Å². The summed E-state index contributed by atoms with van der Waals surface area (Å²) in [5.74, 6) is -0.455. The number of anilines is 3. The molecule has 0 saturated carbocycles. The fourth-order valence-corrected chi connectivity index (χ4v) is 4.04. The van der Waals surface area contributed by atoms with Crippen molar-refractivity contribution in [2.45, 2.75) is 6.92 Å². The van der Waals surface area contributed by atoms with Crippen molar-refractivity contribution in [2.24, 2.45) is 0 Å². The van der Waals surface area contributed by atoms with Gasteiger partial charge in [0.15, 0.2) is 0 Å². The molecule has 186 valence electrons. The minimum atomic E-state index is -0.264. The molecule has 0 spiro atoms. The first kappa shape index (κ1) is 24.9. The lowest BCUT2D eigenvalue weighted by Crippen LogP contribution is -2.40. The molecule has 3 amide bonds. The topological polar surface area (TPSA) is 91.0 Å². The molecule has 0 atom stereocenters. The highest BCUT2D eigenvalue weighted by molar-refractivity contribution is 6.07. The molecule has 1 fully saturated rings. The van der Waals surface area contributed by atoms with Crippen LogP contribution in [0.15, 0.2) is 78.9 Å². The van der Waals surface area contributed by atoms with Gasteiger partial charge in [0, 0.05) is 47.8 Å². The first-order valence-electron chi connectivity index (χ1n) is 12.0. The Hall–Kier alpha value is -4.17. The van der Waals surface area contributed by atoms with E-state index in [1.807, 2.05) is 43.3 Å². The molecule has 0 radical (unpaired) electrons. The van der Waals surface area contributed by atoms with Gasteiger partial charge in [-0.1, -0.05) is 30.3 Å². The van der Waals surface area contributed by atoms with Crippen LogP contribution in [-0.2, 0) is 9.53 Å². The van der Waals surface area contributed by atoms with Crippen LogP contribution in [0.3, 0.4) is 0 Å². The minimum Gasteiger partial charge on any atom is -0.378 e. The van der Waals surface area contributed by atoms with Gasteiger partial charge in [-0.3, -0.25) is 14.4 Å². The number of hydrogen-bond donors (Lipinski definition) is 2. The third-order valence-electron chi connectivity index (χ3n) is 5.88. The molecule has 3 aromatic carbocycles. The van der Waals surface area contributed by atoms with Crippen LogP contribution in [0.25, 0.3) is 0 Å². The lowest BCUT2D eigenvalue weighted by Gasteiger charge is -2.27. The van der Waals surface area contributed by atoms with E-state index >= 15 is 0 Å². The summed E-state index contributed by atoms with van der Waals surface area (Å²) >= 11 is 0. The quantitative estimate of drug-likeness (QED) is 0.504. The number of amides is 3. The van der Waals surface area contributed by atoms with E-state index in [4.69, 9.17) is 4.74 Å². The highest BCUT2D eigenvalue weighted by atomic mass is 16.5. The molecule has 1 heterocycles. The molecule has 8 heteroatoms. The SMILES string of the molecule is CCN(C(=O)c1cccc(NC(=O)CNc2cccc(C(=O)N3CCOCC3)c2)c1)c1ccccc1. The highest BCUT2D eigenvalue weighted by Gasteiger charge is 2.19. The highest BCUT2D eigenvalue weighted by Crippen LogP contribution is 2.19. The van der Waals surface area contributed by atoms with E-state index in [1.54, 1.807) is 52.3 Å². The maximum absolute atomic E-state index is 13.1. The Morgan fingerprint density at radius 1 is 0.861 bits per heavy atom. The number of para-hydroxylation sites is 1. The zero-order chi connectivity index (χ0) is 25.3. The van der Waals surface area contributed by atoms with Crippen molar-refractivity contribution >= 4 is 34.8 Å². The van der Waals surface area contributed by atoms with Crippen molar-refractivity contribution in [1.29, 1.82) is 0 Å². The summed E-state index contributed by atoms with van der Waals surface area (Å²) in [4.78, 5) is 41.8. The molecule has 36 heavy (non-hydrogen) atoms. The number of benzene rings is 3. The molecule has 3 aromatic rings. The summed E-state index contributed by atoms with van der Waals surface area (Å²) in [6.07, 6.45) is 0. The molecular weight excluding hydrogens is 456 g/mol. The first-order chi connectivity index (χ1) is 17.5. The van der Waals surface area contributed by atoms with Crippen molar-refractivity contribution in [3.63, 3.8) is 0 Å². The fourth-order valence-electron chi connectivity index (χ4n) is 4.04. The molecule has 0 aromatic heterocycles. The van der Waals surface area contributed by atoms with E-state index in [0.717, 1.165) is 5.69 Å². The fraction of sp³-hybridized carbons (Fsp3) is 0.250. The summed E-state index contributed by atoms with van der Waals surface area (Å²) in [5.41, 5.74) is 3.08. The van der Waals surface area contributed by atoms with Crippen molar-refractivity contribution in [3.05, 3.63) is 90.0 Å². The number of nitrogens with zero attached hydrogens (tertiary/aromatic N) is 2. The number of hydrogen-bond acceptors (Lipinski definition) is 5. The van der Waals surface area contributed by atoms with Gasteiger partial charge in [-0.05, 0) is 55.5 Å². The van der Waals surface area contributed by atoms with Gasteiger partial charge in [-0.25, -0.2) is 0 Å². The summed E-state index contributed by atoms with van der Waals surface area (Å²) in [7, 11) is 0. The summed E-state index contributed by atoms with van der Waals surface area (Å²) in [6.45, 7) is 4.68. The van der Waals surface area contributed by atoms with E-state index in [1.165, 1.54) is 0 Å². The number of ether oxygens (including phenoxy) is 1. The van der Waals surface area contributed by atoms with E-state index in [9.17, 15) is 14.4 Å². The third kappa shape index (κ3) is 6.28. The van der Waals surface area contributed by atoms with Crippen LogP contribution in [0.1, 0.15) is 27.6 Å². The predicted octanol–water partition coefficient (Wildman–Crippen LogP) is 3.88. The Morgan fingerprint density at radius 3 is 2.25 bits per heavy atom. The van der Waals surface area contributed by atoms with Gasteiger partial charge >= 0.3 is 0 Å². The molecule has 8 nitrogen and oxygen atoms in total. The maximum Gasteiger partial charge on any atom is 0.258 e. The van der Waals surface area contributed by atoms with Crippen LogP contribution in [0.2, 0.25) is 0 Å². The Morgan fingerprint density at radius 2 is 1.53 bits per heavy atom. The predicted molar refractivity (Wildman–Crippen MR) is 141 cm³/mol. The normalized spacial score (nSPS) is 13.1.